The highest BCUT2D eigenvalue weighted by Gasteiger charge is 2.14. The topological polar surface area (TPSA) is 34.1 Å². The molecule has 0 radical (unpaired) electrons. The smallest absolute Gasteiger partial charge is 0.0506 e. The van der Waals surface area contributed by atoms with Crippen molar-refractivity contribution in [3.63, 3.8) is 0 Å². The number of pyridine rings is 1. The first kappa shape index (κ1) is 11.6. The van der Waals surface area contributed by atoms with Crippen molar-refractivity contribution in [3.05, 3.63) is 30.1 Å². The number of nitrogens with one attached hydrogen (secondary N) is 1. The maximum absolute atomic E-state index is 5.47. The van der Waals surface area contributed by atoms with Crippen LogP contribution in [0.2, 0.25) is 0 Å². The molecule has 1 aliphatic heterocycles. The lowest BCUT2D eigenvalue weighted by atomic mass is 10.0. The van der Waals surface area contributed by atoms with Gasteiger partial charge in [0.1, 0.15) is 0 Å². The fraction of sp³-hybridized carbons (Fsp3) is 0.615. The Morgan fingerprint density at radius 3 is 3.25 bits per heavy atom. The summed E-state index contributed by atoms with van der Waals surface area (Å²) in [5, 5.41) is 3.55. The molecular formula is C13H20N2O. The lowest BCUT2D eigenvalue weighted by Gasteiger charge is -2.24. The van der Waals surface area contributed by atoms with Crippen LogP contribution in [0.3, 0.4) is 0 Å². The summed E-state index contributed by atoms with van der Waals surface area (Å²) in [7, 11) is 0. The molecule has 1 N–H and O–H groups in total. The molecule has 1 unspecified atom stereocenters. The number of hydrogen-bond donors (Lipinski definition) is 1. The third kappa shape index (κ3) is 3.29. The fourth-order valence-electron chi connectivity index (χ4n) is 2.06. The molecule has 2 heterocycles. The summed E-state index contributed by atoms with van der Waals surface area (Å²) in [6.45, 7) is 5.07. The van der Waals surface area contributed by atoms with E-state index in [0.717, 1.165) is 19.8 Å². The largest absolute Gasteiger partial charge is 0.381 e. The van der Waals surface area contributed by atoms with Crippen LogP contribution in [0.15, 0.2) is 24.5 Å². The van der Waals surface area contributed by atoms with Crippen LogP contribution in [0, 0.1) is 5.92 Å². The van der Waals surface area contributed by atoms with Crippen molar-refractivity contribution in [2.24, 2.45) is 5.92 Å². The van der Waals surface area contributed by atoms with Gasteiger partial charge in [0.05, 0.1) is 6.61 Å². The number of ether oxygens (including phenoxy) is 1. The Balaban J connectivity index is 1.77. The third-order valence-corrected chi connectivity index (χ3v) is 3.15. The SMILES string of the molecule is C[C@H](NCC1CCCOC1)c1cccnc1. The Labute approximate surface area is 97.2 Å². The Morgan fingerprint density at radius 1 is 1.62 bits per heavy atom. The van der Waals surface area contributed by atoms with Crippen LogP contribution in [0.4, 0.5) is 0 Å². The summed E-state index contributed by atoms with van der Waals surface area (Å²) >= 11 is 0. The Kier molecular flexibility index (Phi) is 4.31. The second-order valence-corrected chi connectivity index (χ2v) is 4.50. The van der Waals surface area contributed by atoms with Gasteiger partial charge in [0.2, 0.25) is 0 Å². The molecule has 2 rings (SSSR count). The van der Waals surface area contributed by atoms with Crippen LogP contribution < -0.4 is 5.32 Å². The summed E-state index contributed by atoms with van der Waals surface area (Å²) in [4.78, 5) is 4.14. The van der Waals surface area contributed by atoms with Gasteiger partial charge >= 0.3 is 0 Å². The minimum atomic E-state index is 0.371. The van der Waals surface area contributed by atoms with E-state index in [1.54, 1.807) is 0 Å². The van der Waals surface area contributed by atoms with E-state index in [4.69, 9.17) is 4.74 Å². The molecule has 0 aliphatic carbocycles. The standard InChI is InChI=1S/C13H20N2O/c1-11(13-5-2-6-14-9-13)15-8-12-4-3-7-16-10-12/h2,5-6,9,11-12,15H,3-4,7-8,10H2,1H3/t11-,12?/m0/s1. The Hall–Kier alpha value is -0.930. The lowest BCUT2D eigenvalue weighted by molar-refractivity contribution is 0.0540. The monoisotopic (exact) mass is 220 g/mol. The van der Waals surface area contributed by atoms with Gasteiger partial charge in [-0.05, 0) is 37.3 Å². The molecule has 0 aromatic carbocycles. The summed E-state index contributed by atoms with van der Waals surface area (Å²) in [5.74, 6) is 0.674. The van der Waals surface area contributed by atoms with E-state index in [2.05, 4.69) is 23.3 Å². The van der Waals surface area contributed by atoms with Crippen molar-refractivity contribution in [3.8, 4) is 0 Å². The van der Waals surface area contributed by atoms with E-state index < -0.39 is 0 Å². The minimum absolute atomic E-state index is 0.371. The molecule has 1 saturated heterocycles. The van der Waals surface area contributed by atoms with Gasteiger partial charge in [0.25, 0.3) is 0 Å². The Bertz CT molecular complexity index is 296. The van der Waals surface area contributed by atoms with Crippen LogP contribution in [0.25, 0.3) is 0 Å². The molecule has 0 spiro atoms. The molecule has 1 aromatic rings. The first-order valence-electron chi connectivity index (χ1n) is 6.07. The van der Waals surface area contributed by atoms with Crippen molar-refractivity contribution >= 4 is 0 Å². The zero-order chi connectivity index (χ0) is 11.2. The van der Waals surface area contributed by atoms with Gasteiger partial charge in [-0.25, -0.2) is 0 Å². The predicted octanol–water partition coefficient (Wildman–Crippen LogP) is 2.16. The number of aromatic nitrogens is 1. The highest BCUT2D eigenvalue weighted by atomic mass is 16.5. The van der Waals surface area contributed by atoms with Gasteiger partial charge < -0.3 is 10.1 Å². The fourth-order valence-corrected chi connectivity index (χ4v) is 2.06. The molecule has 0 bridgehead atoms. The third-order valence-electron chi connectivity index (χ3n) is 3.15. The summed E-state index contributed by atoms with van der Waals surface area (Å²) in [5.41, 5.74) is 1.25. The van der Waals surface area contributed by atoms with Gasteiger partial charge in [0, 0.05) is 31.6 Å². The van der Waals surface area contributed by atoms with Gasteiger partial charge in [-0.2, -0.15) is 0 Å². The molecule has 3 heteroatoms. The van der Waals surface area contributed by atoms with Crippen LogP contribution in [-0.4, -0.2) is 24.7 Å². The summed E-state index contributed by atoms with van der Waals surface area (Å²) in [6.07, 6.45) is 6.22. The summed E-state index contributed by atoms with van der Waals surface area (Å²) < 4.78 is 5.47. The quantitative estimate of drug-likeness (QED) is 0.844. The van der Waals surface area contributed by atoms with E-state index in [9.17, 15) is 0 Å². The molecule has 2 atom stereocenters. The maximum Gasteiger partial charge on any atom is 0.0506 e. The Morgan fingerprint density at radius 2 is 2.56 bits per heavy atom. The number of rotatable bonds is 4. The molecule has 0 saturated carbocycles. The van der Waals surface area contributed by atoms with Crippen molar-refractivity contribution in [2.75, 3.05) is 19.8 Å². The second kappa shape index (κ2) is 5.97. The highest BCUT2D eigenvalue weighted by Crippen LogP contribution is 2.15. The van der Waals surface area contributed by atoms with Gasteiger partial charge in [-0.3, -0.25) is 4.98 Å². The van der Waals surface area contributed by atoms with E-state index in [-0.39, 0.29) is 0 Å². The van der Waals surface area contributed by atoms with Gasteiger partial charge in [0.15, 0.2) is 0 Å². The van der Waals surface area contributed by atoms with Gasteiger partial charge in [-0.15, -0.1) is 0 Å². The van der Waals surface area contributed by atoms with Crippen molar-refractivity contribution < 1.29 is 4.74 Å². The molecule has 1 fully saturated rings. The lowest BCUT2D eigenvalue weighted by Crippen LogP contribution is -2.30. The van der Waals surface area contributed by atoms with Crippen LogP contribution in [0.5, 0.6) is 0 Å². The average Bonchev–Trinajstić information content (AvgIpc) is 2.38. The van der Waals surface area contributed by atoms with Crippen LogP contribution in [0.1, 0.15) is 31.4 Å². The molecule has 16 heavy (non-hydrogen) atoms. The highest BCUT2D eigenvalue weighted by molar-refractivity contribution is 5.12. The number of nitrogens with zero attached hydrogens (tertiary/aromatic N) is 1. The van der Waals surface area contributed by atoms with Gasteiger partial charge in [-0.1, -0.05) is 6.07 Å². The van der Waals surface area contributed by atoms with Crippen molar-refractivity contribution in [1.82, 2.24) is 10.3 Å². The average molecular weight is 220 g/mol. The molecule has 3 nitrogen and oxygen atoms in total. The number of hydrogen-bond acceptors (Lipinski definition) is 3. The molecule has 88 valence electrons. The first-order valence-corrected chi connectivity index (χ1v) is 6.07. The van der Waals surface area contributed by atoms with E-state index >= 15 is 0 Å². The second-order valence-electron chi connectivity index (χ2n) is 4.50. The molecule has 1 aromatic heterocycles. The van der Waals surface area contributed by atoms with Crippen molar-refractivity contribution in [1.29, 1.82) is 0 Å². The molecule has 1 aliphatic rings. The van der Waals surface area contributed by atoms with E-state index in [1.807, 2.05) is 18.5 Å². The zero-order valence-electron chi connectivity index (χ0n) is 9.86. The molecular weight excluding hydrogens is 200 g/mol. The van der Waals surface area contributed by atoms with Crippen LogP contribution in [-0.2, 0) is 4.74 Å². The first-order chi connectivity index (χ1) is 7.86. The zero-order valence-corrected chi connectivity index (χ0v) is 9.86. The summed E-state index contributed by atoms with van der Waals surface area (Å²) in [6, 6.07) is 4.47. The van der Waals surface area contributed by atoms with E-state index in [0.29, 0.717) is 12.0 Å². The predicted molar refractivity (Wildman–Crippen MR) is 64.2 cm³/mol. The van der Waals surface area contributed by atoms with E-state index in [1.165, 1.54) is 18.4 Å². The maximum atomic E-state index is 5.47. The van der Waals surface area contributed by atoms with Crippen molar-refractivity contribution in [2.45, 2.75) is 25.8 Å². The normalized spacial score (nSPS) is 22.9. The van der Waals surface area contributed by atoms with Crippen LogP contribution >= 0.6 is 0 Å². The minimum Gasteiger partial charge on any atom is -0.381 e. The molecule has 0 amide bonds.